The van der Waals surface area contributed by atoms with Gasteiger partial charge in [-0.15, -0.1) is 0 Å². The molecule has 204 valence electrons. The van der Waals surface area contributed by atoms with Gasteiger partial charge in [0.15, 0.2) is 0 Å². The Bertz CT molecular complexity index is 1710. The predicted octanol–water partition coefficient (Wildman–Crippen LogP) is 6.25. The van der Waals surface area contributed by atoms with E-state index in [2.05, 4.69) is 46.1 Å². The van der Waals surface area contributed by atoms with Crippen LogP contribution in [-0.4, -0.2) is 34.5 Å². The summed E-state index contributed by atoms with van der Waals surface area (Å²) in [7, 11) is 1.58. The largest absolute Gasteiger partial charge is 0.496 e. The zero-order chi connectivity index (χ0) is 27.6. The maximum absolute atomic E-state index is 12.3. The third-order valence-electron chi connectivity index (χ3n) is 7.63. The van der Waals surface area contributed by atoms with E-state index in [1.165, 1.54) is 6.42 Å². The first-order valence-corrected chi connectivity index (χ1v) is 13.7. The number of carbonyl (C=O) groups is 1. The molecule has 0 aliphatic heterocycles. The third kappa shape index (κ3) is 4.81. The number of nitrogen functional groups attached to an aromatic ring is 1. The molecule has 0 saturated heterocycles. The number of carbonyl (C=O) groups excluding carboxylic acids is 1. The Morgan fingerprint density at radius 3 is 2.55 bits per heavy atom. The van der Waals surface area contributed by atoms with E-state index in [1.807, 2.05) is 24.3 Å². The SMILES string of the molecule is CCOC(=O)Cc1c(OC)cccc1OCc1nn(C2CCC2)c2ccc(-c3ccc4ccnc(N)c4c3)cc12. The van der Waals surface area contributed by atoms with Crippen LogP contribution < -0.4 is 15.2 Å². The van der Waals surface area contributed by atoms with Crippen LogP contribution in [0.5, 0.6) is 11.5 Å². The van der Waals surface area contributed by atoms with Gasteiger partial charge in [-0.25, -0.2) is 4.98 Å². The zero-order valence-electron chi connectivity index (χ0n) is 22.7. The van der Waals surface area contributed by atoms with Crippen molar-refractivity contribution in [3.63, 3.8) is 0 Å². The van der Waals surface area contributed by atoms with Gasteiger partial charge in [-0.2, -0.15) is 5.10 Å². The fourth-order valence-electron chi connectivity index (χ4n) is 5.32. The minimum Gasteiger partial charge on any atom is -0.496 e. The molecular weight excluding hydrogens is 504 g/mol. The Balaban J connectivity index is 1.37. The highest BCUT2D eigenvalue weighted by molar-refractivity contribution is 5.95. The van der Waals surface area contributed by atoms with Crippen LogP contribution in [0.2, 0.25) is 0 Å². The molecule has 1 aliphatic rings. The molecule has 6 rings (SSSR count). The first-order valence-electron chi connectivity index (χ1n) is 13.7. The molecular formula is C32H32N4O4. The van der Waals surface area contributed by atoms with Gasteiger partial charge in [-0.1, -0.05) is 24.3 Å². The minimum atomic E-state index is -0.326. The maximum Gasteiger partial charge on any atom is 0.310 e. The van der Waals surface area contributed by atoms with Gasteiger partial charge in [-0.05, 0) is 79.1 Å². The zero-order valence-corrected chi connectivity index (χ0v) is 22.7. The highest BCUT2D eigenvalue weighted by atomic mass is 16.5. The summed E-state index contributed by atoms with van der Waals surface area (Å²) in [6, 6.07) is 20.6. The van der Waals surface area contributed by atoms with Crippen molar-refractivity contribution in [1.29, 1.82) is 0 Å². The van der Waals surface area contributed by atoms with Crippen molar-refractivity contribution in [1.82, 2.24) is 14.8 Å². The average molecular weight is 537 g/mol. The van der Waals surface area contributed by atoms with E-state index in [1.54, 1.807) is 20.2 Å². The van der Waals surface area contributed by atoms with E-state index in [0.29, 0.717) is 35.5 Å². The molecule has 0 spiro atoms. The number of anilines is 1. The lowest BCUT2D eigenvalue weighted by Crippen LogP contribution is -2.18. The van der Waals surface area contributed by atoms with Gasteiger partial charge < -0.3 is 19.9 Å². The first kappa shape index (κ1) is 25.7. The van der Waals surface area contributed by atoms with Crippen molar-refractivity contribution in [2.24, 2.45) is 0 Å². The quantitative estimate of drug-likeness (QED) is 0.222. The van der Waals surface area contributed by atoms with Gasteiger partial charge >= 0.3 is 5.97 Å². The lowest BCUT2D eigenvalue weighted by molar-refractivity contribution is -0.142. The van der Waals surface area contributed by atoms with Crippen molar-refractivity contribution in [2.75, 3.05) is 19.5 Å². The minimum absolute atomic E-state index is 0.0640. The Labute approximate surface area is 232 Å². The fraction of sp³-hybridized carbons (Fsp3) is 0.281. The number of esters is 1. The molecule has 2 heterocycles. The number of benzene rings is 3. The Morgan fingerprint density at radius 2 is 1.80 bits per heavy atom. The Morgan fingerprint density at radius 1 is 1.02 bits per heavy atom. The van der Waals surface area contributed by atoms with Crippen LogP contribution in [-0.2, 0) is 22.6 Å². The predicted molar refractivity (Wildman–Crippen MR) is 155 cm³/mol. The van der Waals surface area contributed by atoms with Crippen LogP contribution in [0.3, 0.4) is 0 Å². The maximum atomic E-state index is 12.3. The van der Waals surface area contributed by atoms with Crippen LogP contribution in [0.1, 0.15) is 43.5 Å². The number of nitrogens with two attached hydrogens (primary N) is 1. The molecule has 8 heteroatoms. The van der Waals surface area contributed by atoms with Gasteiger partial charge in [0.05, 0.1) is 31.7 Å². The second-order valence-electron chi connectivity index (χ2n) is 10.0. The van der Waals surface area contributed by atoms with E-state index in [4.69, 9.17) is 25.0 Å². The molecule has 0 unspecified atom stereocenters. The number of hydrogen-bond acceptors (Lipinski definition) is 7. The van der Waals surface area contributed by atoms with Crippen molar-refractivity contribution < 1.29 is 19.0 Å². The van der Waals surface area contributed by atoms with E-state index < -0.39 is 0 Å². The van der Waals surface area contributed by atoms with Gasteiger partial charge in [0.2, 0.25) is 0 Å². The molecule has 1 saturated carbocycles. The van der Waals surface area contributed by atoms with Crippen molar-refractivity contribution in [3.8, 4) is 22.6 Å². The molecule has 0 amide bonds. The normalized spacial score (nSPS) is 13.3. The molecule has 0 radical (unpaired) electrons. The smallest absolute Gasteiger partial charge is 0.310 e. The standard InChI is InChI=1S/C32H32N4O4/c1-3-39-31(37)18-26-29(38-2)8-5-9-30(26)40-19-27-25-17-22(12-13-28(25)36(35-27)23-6-4-7-23)21-11-10-20-14-15-34-32(33)24(20)16-21/h5,8-17,23H,3-4,6-7,18-19H2,1-2H3,(H2,33,34). The molecule has 0 atom stereocenters. The number of rotatable bonds is 9. The lowest BCUT2D eigenvalue weighted by atomic mass is 9.93. The van der Waals surface area contributed by atoms with Crippen LogP contribution in [0.15, 0.2) is 66.9 Å². The molecule has 1 fully saturated rings. The number of hydrogen-bond donors (Lipinski definition) is 1. The number of fused-ring (bicyclic) bond motifs is 2. The van der Waals surface area contributed by atoms with Gasteiger partial charge in [-0.3, -0.25) is 9.48 Å². The topological polar surface area (TPSA) is 101 Å². The number of methoxy groups -OCH3 is 1. The highest BCUT2D eigenvalue weighted by Crippen LogP contribution is 2.37. The number of nitrogens with zero attached hydrogens (tertiary/aromatic N) is 3. The van der Waals surface area contributed by atoms with Crippen LogP contribution >= 0.6 is 0 Å². The lowest BCUT2D eigenvalue weighted by Gasteiger charge is -2.26. The first-order chi connectivity index (χ1) is 19.6. The summed E-state index contributed by atoms with van der Waals surface area (Å²) in [6.07, 6.45) is 5.24. The third-order valence-corrected chi connectivity index (χ3v) is 7.63. The monoisotopic (exact) mass is 536 g/mol. The van der Waals surface area contributed by atoms with Crippen LogP contribution in [0, 0.1) is 0 Å². The highest BCUT2D eigenvalue weighted by Gasteiger charge is 2.24. The van der Waals surface area contributed by atoms with Gasteiger partial charge in [0.1, 0.15) is 29.6 Å². The summed E-state index contributed by atoms with van der Waals surface area (Å²) >= 11 is 0. The average Bonchev–Trinajstić information content (AvgIpc) is 3.28. The molecule has 8 nitrogen and oxygen atoms in total. The number of pyridine rings is 1. The summed E-state index contributed by atoms with van der Waals surface area (Å²) < 4.78 is 19.2. The van der Waals surface area contributed by atoms with Crippen molar-refractivity contribution in [2.45, 2.75) is 45.3 Å². The van der Waals surface area contributed by atoms with Crippen LogP contribution in [0.25, 0.3) is 32.8 Å². The van der Waals surface area contributed by atoms with E-state index in [9.17, 15) is 4.79 Å². The van der Waals surface area contributed by atoms with E-state index in [0.717, 1.165) is 51.3 Å². The summed E-state index contributed by atoms with van der Waals surface area (Å²) in [4.78, 5) is 16.6. The summed E-state index contributed by atoms with van der Waals surface area (Å²) in [5.41, 5.74) is 10.9. The summed E-state index contributed by atoms with van der Waals surface area (Å²) in [5.74, 6) is 1.35. The Kier molecular flexibility index (Phi) is 6.99. The number of aromatic nitrogens is 3. The molecule has 40 heavy (non-hydrogen) atoms. The second kappa shape index (κ2) is 10.9. The second-order valence-corrected chi connectivity index (χ2v) is 10.0. The molecule has 2 N–H and O–H groups in total. The molecule has 0 bridgehead atoms. The molecule has 2 aromatic heterocycles. The van der Waals surface area contributed by atoms with E-state index in [-0.39, 0.29) is 19.0 Å². The van der Waals surface area contributed by atoms with Crippen molar-refractivity contribution in [3.05, 3.63) is 78.1 Å². The summed E-state index contributed by atoms with van der Waals surface area (Å²) in [5, 5.41) is 8.05. The van der Waals surface area contributed by atoms with Crippen LogP contribution in [0.4, 0.5) is 5.82 Å². The fourth-order valence-corrected chi connectivity index (χ4v) is 5.32. The molecule has 3 aromatic carbocycles. The van der Waals surface area contributed by atoms with E-state index >= 15 is 0 Å². The van der Waals surface area contributed by atoms with Gasteiger partial charge in [0.25, 0.3) is 0 Å². The number of ether oxygens (including phenoxy) is 3. The Hall–Kier alpha value is -4.59. The molecule has 1 aliphatic carbocycles. The van der Waals surface area contributed by atoms with Crippen molar-refractivity contribution >= 4 is 33.5 Å². The molecule has 5 aromatic rings. The summed E-state index contributed by atoms with van der Waals surface area (Å²) in [6.45, 7) is 2.35. The van der Waals surface area contributed by atoms with Gasteiger partial charge in [0, 0.05) is 22.5 Å².